The molecule has 2 atom stereocenters. The first-order valence-electron chi connectivity index (χ1n) is 7.41. The normalized spacial score (nSPS) is 25.7. The fraction of sp³-hybridized carbons (Fsp3) is 0.500. The number of anilines is 1. The predicted molar refractivity (Wildman–Crippen MR) is 87.1 cm³/mol. The molecule has 0 N–H and O–H groups in total. The lowest BCUT2D eigenvalue weighted by Crippen LogP contribution is -2.50. The number of ether oxygens (including phenoxy) is 1. The van der Waals surface area contributed by atoms with Crippen molar-refractivity contribution in [1.82, 2.24) is 4.90 Å². The van der Waals surface area contributed by atoms with Gasteiger partial charge < -0.3 is 4.74 Å². The SMILES string of the molecule is Cc1ccc2c(c1Br)C(=O)C(=O)N2CN1C[C@H](C)O[C@@H](C)C1. The Labute approximate surface area is 138 Å². The molecule has 1 aromatic carbocycles. The van der Waals surface area contributed by atoms with Gasteiger partial charge in [-0.15, -0.1) is 0 Å². The van der Waals surface area contributed by atoms with E-state index < -0.39 is 11.7 Å². The Bertz CT molecular complexity index is 637. The van der Waals surface area contributed by atoms with Crippen LogP contribution in [0.4, 0.5) is 5.69 Å². The minimum Gasteiger partial charge on any atom is -0.373 e. The summed E-state index contributed by atoms with van der Waals surface area (Å²) in [7, 11) is 0. The topological polar surface area (TPSA) is 49.9 Å². The fourth-order valence-corrected chi connectivity index (χ4v) is 3.71. The molecule has 6 heteroatoms. The van der Waals surface area contributed by atoms with Crippen LogP contribution in [0.5, 0.6) is 0 Å². The molecule has 1 amide bonds. The summed E-state index contributed by atoms with van der Waals surface area (Å²) < 4.78 is 6.43. The number of hydrogen-bond donors (Lipinski definition) is 0. The summed E-state index contributed by atoms with van der Waals surface area (Å²) in [5.74, 6) is -0.881. The molecule has 22 heavy (non-hydrogen) atoms. The lowest BCUT2D eigenvalue weighted by atomic mass is 10.1. The average molecular weight is 367 g/mol. The number of rotatable bonds is 2. The highest BCUT2D eigenvalue weighted by molar-refractivity contribution is 9.10. The molecule has 2 aliphatic rings. The van der Waals surface area contributed by atoms with E-state index >= 15 is 0 Å². The van der Waals surface area contributed by atoms with Crippen LogP contribution >= 0.6 is 15.9 Å². The van der Waals surface area contributed by atoms with Gasteiger partial charge in [-0.25, -0.2) is 0 Å². The van der Waals surface area contributed by atoms with Gasteiger partial charge in [-0.2, -0.15) is 0 Å². The van der Waals surface area contributed by atoms with Crippen LogP contribution < -0.4 is 4.90 Å². The number of hydrogen-bond acceptors (Lipinski definition) is 4. The fourth-order valence-electron chi connectivity index (χ4n) is 3.19. The van der Waals surface area contributed by atoms with Crippen LogP contribution in [-0.4, -0.2) is 48.6 Å². The van der Waals surface area contributed by atoms with Crippen molar-refractivity contribution in [3.63, 3.8) is 0 Å². The molecule has 0 aliphatic carbocycles. The number of benzene rings is 1. The van der Waals surface area contributed by atoms with E-state index in [9.17, 15) is 9.59 Å². The first-order chi connectivity index (χ1) is 10.4. The predicted octanol–water partition coefficient (Wildman–Crippen LogP) is 2.35. The molecule has 0 aromatic heterocycles. The third kappa shape index (κ3) is 2.59. The zero-order valence-corrected chi connectivity index (χ0v) is 14.5. The third-order valence-corrected chi connectivity index (χ3v) is 5.13. The Kier molecular flexibility index (Phi) is 4.09. The van der Waals surface area contributed by atoms with Crippen molar-refractivity contribution < 1.29 is 14.3 Å². The second-order valence-corrected chi connectivity index (χ2v) is 6.88. The van der Waals surface area contributed by atoms with Crippen molar-refractivity contribution in [2.75, 3.05) is 24.7 Å². The second kappa shape index (κ2) is 5.76. The molecule has 3 rings (SSSR count). The van der Waals surface area contributed by atoms with Crippen LogP contribution in [0.3, 0.4) is 0 Å². The standard InChI is InChI=1S/C16H19BrN2O3/c1-9-4-5-12-13(14(9)17)15(20)16(21)19(12)8-18-6-10(2)22-11(3)7-18/h4-5,10-11H,6-8H2,1-3H3/t10-,11-/m0/s1. The molecule has 118 valence electrons. The summed E-state index contributed by atoms with van der Waals surface area (Å²) in [6.45, 7) is 7.89. The highest BCUT2D eigenvalue weighted by Crippen LogP contribution is 2.36. The summed E-state index contributed by atoms with van der Waals surface area (Å²) in [5.41, 5.74) is 2.13. The van der Waals surface area contributed by atoms with Gasteiger partial charge in [0.25, 0.3) is 5.78 Å². The van der Waals surface area contributed by atoms with Crippen LogP contribution in [-0.2, 0) is 9.53 Å². The van der Waals surface area contributed by atoms with E-state index in [0.29, 0.717) is 17.9 Å². The van der Waals surface area contributed by atoms with Gasteiger partial charge in [0.05, 0.1) is 30.1 Å². The van der Waals surface area contributed by atoms with Crippen LogP contribution in [0.15, 0.2) is 16.6 Å². The Morgan fingerprint density at radius 3 is 2.50 bits per heavy atom. The first kappa shape index (κ1) is 15.6. The van der Waals surface area contributed by atoms with E-state index in [2.05, 4.69) is 20.8 Å². The molecule has 2 aliphatic heterocycles. The number of Topliss-reactive ketones (excluding diaryl/α,β-unsaturated/α-hetero) is 1. The molecule has 0 bridgehead atoms. The number of carbonyl (C=O) groups excluding carboxylic acids is 2. The largest absolute Gasteiger partial charge is 0.373 e. The minimum atomic E-state index is -0.451. The Hall–Kier alpha value is -1.24. The van der Waals surface area contributed by atoms with E-state index in [0.717, 1.165) is 23.1 Å². The summed E-state index contributed by atoms with van der Waals surface area (Å²) in [5, 5.41) is 0. The highest BCUT2D eigenvalue weighted by Gasteiger charge is 2.39. The van der Waals surface area contributed by atoms with Crippen LogP contribution in [0, 0.1) is 6.92 Å². The molecule has 0 unspecified atom stereocenters. The van der Waals surface area contributed by atoms with Crippen LogP contribution in [0.2, 0.25) is 0 Å². The maximum absolute atomic E-state index is 12.4. The first-order valence-corrected chi connectivity index (χ1v) is 8.21. The zero-order chi connectivity index (χ0) is 16.0. The molecule has 0 radical (unpaired) electrons. The number of morpholine rings is 1. The monoisotopic (exact) mass is 366 g/mol. The van der Waals surface area contributed by atoms with Gasteiger partial charge in [-0.1, -0.05) is 6.07 Å². The van der Waals surface area contributed by atoms with Crippen molar-refractivity contribution in [2.45, 2.75) is 33.0 Å². The van der Waals surface area contributed by atoms with E-state index in [1.54, 1.807) is 4.90 Å². The van der Waals surface area contributed by atoms with Crippen molar-refractivity contribution in [3.8, 4) is 0 Å². The van der Waals surface area contributed by atoms with Crippen LogP contribution in [0.25, 0.3) is 0 Å². The van der Waals surface area contributed by atoms with Crippen LogP contribution in [0.1, 0.15) is 29.8 Å². The van der Waals surface area contributed by atoms with Crippen molar-refractivity contribution in [2.24, 2.45) is 0 Å². The maximum Gasteiger partial charge on any atom is 0.300 e. The zero-order valence-electron chi connectivity index (χ0n) is 12.9. The molecular formula is C16H19BrN2O3. The maximum atomic E-state index is 12.4. The smallest absolute Gasteiger partial charge is 0.300 e. The summed E-state index contributed by atoms with van der Waals surface area (Å²) in [6, 6.07) is 3.78. The van der Waals surface area contributed by atoms with Gasteiger partial charge in [-0.3, -0.25) is 19.4 Å². The lowest BCUT2D eigenvalue weighted by Gasteiger charge is -2.37. The summed E-state index contributed by atoms with van der Waals surface area (Å²) in [4.78, 5) is 28.4. The molecule has 0 spiro atoms. The Balaban J connectivity index is 1.89. The van der Waals surface area contributed by atoms with E-state index in [1.807, 2.05) is 32.9 Å². The molecule has 5 nitrogen and oxygen atoms in total. The van der Waals surface area contributed by atoms with E-state index in [1.165, 1.54) is 0 Å². The van der Waals surface area contributed by atoms with E-state index in [4.69, 9.17) is 4.74 Å². The molecule has 1 saturated heterocycles. The molecular weight excluding hydrogens is 348 g/mol. The number of nitrogens with zero attached hydrogens (tertiary/aromatic N) is 2. The molecule has 1 aromatic rings. The Morgan fingerprint density at radius 2 is 1.86 bits per heavy atom. The number of halogens is 1. The van der Waals surface area contributed by atoms with Gasteiger partial charge in [0.15, 0.2) is 0 Å². The van der Waals surface area contributed by atoms with Gasteiger partial charge in [0, 0.05) is 17.6 Å². The lowest BCUT2D eigenvalue weighted by molar-refractivity contribution is -0.115. The number of amides is 1. The quantitative estimate of drug-likeness (QED) is 0.753. The molecule has 2 heterocycles. The number of fused-ring (bicyclic) bond motifs is 1. The number of aryl methyl sites for hydroxylation is 1. The third-order valence-electron chi connectivity index (χ3n) is 4.11. The number of ketones is 1. The Morgan fingerprint density at radius 1 is 1.23 bits per heavy atom. The highest BCUT2D eigenvalue weighted by atomic mass is 79.9. The van der Waals surface area contributed by atoms with Gasteiger partial charge in [0.2, 0.25) is 0 Å². The molecule has 1 fully saturated rings. The minimum absolute atomic E-state index is 0.126. The average Bonchev–Trinajstić information content (AvgIpc) is 2.67. The van der Waals surface area contributed by atoms with E-state index in [-0.39, 0.29) is 12.2 Å². The summed E-state index contributed by atoms with van der Waals surface area (Å²) in [6.07, 6.45) is 0.253. The van der Waals surface area contributed by atoms with Crippen molar-refractivity contribution in [1.29, 1.82) is 0 Å². The molecule has 0 saturated carbocycles. The van der Waals surface area contributed by atoms with Gasteiger partial charge in [0.1, 0.15) is 0 Å². The van der Waals surface area contributed by atoms with Gasteiger partial charge in [-0.05, 0) is 48.3 Å². The van der Waals surface area contributed by atoms with Crippen molar-refractivity contribution in [3.05, 3.63) is 27.7 Å². The van der Waals surface area contributed by atoms with Gasteiger partial charge >= 0.3 is 5.91 Å². The summed E-state index contributed by atoms with van der Waals surface area (Å²) >= 11 is 3.44. The number of carbonyl (C=O) groups is 2. The van der Waals surface area contributed by atoms with Crippen molar-refractivity contribution >= 4 is 33.3 Å². The second-order valence-electron chi connectivity index (χ2n) is 6.09.